The molecule has 1 amide bonds. The minimum atomic E-state index is 0.0471. The van der Waals surface area contributed by atoms with Gasteiger partial charge in [-0.1, -0.05) is 11.6 Å². The van der Waals surface area contributed by atoms with Crippen molar-refractivity contribution in [1.82, 2.24) is 24.6 Å². The van der Waals surface area contributed by atoms with Gasteiger partial charge >= 0.3 is 0 Å². The van der Waals surface area contributed by atoms with E-state index in [1.165, 1.54) is 11.0 Å². The van der Waals surface area contributed by atoms with Crippen LogP contribution < -0.4 is 4.74 Å². The molecule has 2 aromatic heterocycles. The molecule has 1 aliphatic rings. The molecule has 0 atom stereocenters. The van der Waals surface area contributed by atoms with Gasteiger partial charge in [0.1, 0.15) is 36.1 Å². The Labute approximate surface area is 132 Å². The lowest BCUT2D eigenvalue weighted by atomic mass is 10.1. The molecule has 0 aliphatic carbocycles. The topological polar surface area (TPSA) is 73.1 Å². The third-order valence-corrected chi connectivity index (χ3v) is 3.87. The molecule has 3 rings (SSSR count). The van der Waals surface area contributed by atoms with Crippen LogP contribution >= 0.6 is 11.6 Å². The highest BCUT2D eigenvalue weighted by Gasteiger charge is 2.24. The van der Waals surface area contributed by atoms with E-state index in [9.17, 15) is 4.79 Å². The van der Waals surface area contributed by atoms with Crippen LogP contribution in [0.2, 0.25) is 5.02 Å². The molecule has 7 nitrogen and oxygen atoms in total. The van der Waals surface area contributed by atoms with Crippen LogP contribution in [0.1, 0.15) is 12.8 Å². The van der Waals surface area contributed by atoms with Crippen molar-refractivity contribution in [1.29, 1.82) is 0 Å². The summed E-state index contributed by atoms with van der Waals surface area (Å²) in [6, 6.07) is 1.75. The summed E-state index contributed by atoms with van der Waals surface area (Å²) in [5.41, 5.74) is 0. The maximum Gasteiger partial charge on any atom is 0.244 e. The van der Waals surface area contributed by atoms with Crippen LogP contribution in [0.3, 0.4) is 0 Å². The molecule has 0 unspecified atom stereocenters. The summed E-state index contributed by atoms with van der Waals surface area (Å²) in [5.74, 6) is 0.690. The third-order valence-electron chi connectivity index (χ3n) is 3.59. The molecule has 0 spiro atoms. The van der Waals surface area contributed by atoms with Gasteiger partial charge in [0.05, 0.1) is 0 Å². The Morgan fingerprint density at radius 1 is 1.36 bits per heavy atom. The summed E-state index contributed by atoms with van der Waals surface area (Å²) in [5, 5.41) is 4.45. The van der Waals surface area contributed by atoms with E-state index in [2.05, 4.69) is 15.1 Å². The third kappa shape index (κ3) is 3.54. The van der Waals surface area contributed by atoms with E-state index in [-0.39, 0.29) is 18.6 Å². The predicted octanol–water partition coefficient (Wildman–Crippen LogP) is 1.40. The summed E-state index contributed by atoms with van der Waals surface area (Å²) in [4.78, 5) is 21.7. The molecule has 1 saturated heterocycles. The van der Waals surface area contributed by atoms with Crippen LogP contribution in [0, 0.1) is 0 Å². The first kappa shape index (κ1) is 14.8. The number of amides is 1. The van der Waals surface area contributed by atoms with Gasteiger partial charge in [0, 0.05) is 44.4 Å². The average molecular weight is 322 g/mol. The molecule has 0 N–H and O–H groups in total. The van der Waals surface area contributed by atoms with E-state index in [4.69, 9.17) is 16.3 Å². The van der Waals surface area contributed by atoms with Crippen LogP contribution in [0.25, 0.3) is 0 Å². The number of hydrogen-bond acceptors (Lipinski definition) is 5. The quantitative estimate of drug-likeness (QED) is 0.851. The maximum atomic E-state index is 12.2. The van der Waals surface area contributed by atoms with Crippen molar-refractivity contribution < 1.29 is 9.53 Å². The van der Waals surface area contributed by atoms with E-state index in [1.54, 1.807) is 24.8 Å². The number of nitrogens with zero attached hydrogens (tertiary/aromatic N) is 5. The second-order valence-electron chi connectivity index (χ2n) is 5.10. The Morgan fingerprint density at radius 2 is 2.18 bits per heavy atom. The van der Waals surface area contributed by atoms with E-state index >= 15 is 0 Å². The Balaban J connectivity index is 1.50. The summed E-state index contributed by atoms with van der Waals surface area (Å²) in [6.45, 7) is 1.56. The molecule has 8 heteroatoms. The van der Waals surface area contributed by atoms with Gasteiger partial charge < -0.3 is 9.64 Å². The molecule has 116 valence electrons. The number of ether oxygens (including phenoxy) is 1. The van der Waals surface area contributed by atoms with Crippen molar-refractivity contribution >= 4 is 17.5 Å². The molecule has 3 heterocycles. The lowest BCUT2D eigenvalue weighted by Gasteiger charge is -2.32. The SMILES string of the molecule is O=C(Cn1cncn1)N1CCC(Oc2ccncc2Cl)CC1. The Kier molecular flexibility index (Phi) is 4.53. The summed E-state index contributed by atoms with van der Waals surface area (Å²) in [6.07, 6.45) is 7.80. The number of pyridine rings is 1. The highest BCUT2D eigenvalue weighted by atomic mass is 35.5. The summed E-state index contributed by atoms with van der Waals surface area (Å²) >= 11 is 6.03. The zero-order valence-electron chi connectivity index (χ0n) is 11.9. The van der Waals surface area contributed by atoms with Gasteiger partial charge in [-0.25, -0.2) is 9.67 Å². The summed E-state index contributed by atoms with van der Waals surface area (Å²) < 4.78 is 7.41. The normalized spacial score (nSPS) is 15.8. The maximum absolute atomic E-state index is 12.2. The number of rotatable bonds is 4. The monoisotopic (exact) mass is 321 g/mol. The molecule has 22 heavy (non-hydrogen) atoms. The number of carbonyl (C=O) groups excluding carboxylic acids is 1. The Hall–Kier alpha value is -2.15. The molecule has 0 bridgehead atoms. The van der Waals surface area contributed by atoms with Crippen LogP contribution in [0.4, 0.5) is 0 Å². The minimum Gasteiger partial charge on any atom is -0.489 e. The second kappa shape index (κ2) is 6.74. The molecule has 1 aliphatic heterocycles. The number of piperidine rings is 1. The Morgan fingerprint density at radius 3 is 2.86 bits per heavy atom. The van der Waals surface area contributed by atoms with Crippen molar-refractivity contribution in [3.63, 3.8) is 0 Å². The molecular formula is C14H16ClN5O2. The van der Waals surface area contributed by atoms with Crippen LogP contribution in [0.5, 0.6) is 5.75 Å². The van der Waals surface area contributed by atoms with Gasteiger partial charge in [0.2, 0.25) is 5.91 Å². The van der Waals surface area contributed by atoms with Gasteiger partial charge in [-0.05, 0) is 0 Å². The van der Waals surface area contributed by atoms with Crippen LogP contribution in [0.15, 0.2) is 31.1 Å². The van der Waals surface area contributed by atoms with Crippen molar-refractivity contribution in [3.8, 4) is 5.75 Å². The highest BCUT2D eigenvalue weighted by Crippen LogP contribution is 2.25. The molecule has 2 aromatic rings. The minimum absolute atomic E-state index is 0.0471. The zero-order chi connectivity index (χ0) is 15.4. The first-order valence-corrected chi connectivity index (χ1v) is 7.46. The van der Waals surface area contributed by atoms with E-state index in [0.717, 1.165) is 12.8 Å². The largest absolute Gasteiger partial charge is 0.489 e. The fraction of sp³-hybridized carbons (Fsp3) is 0.429. The fourth-order valence-electron chi connectivity index (χ4n) is 2.41. The highest BCUT2D eigenvalue weighted by molar-refractivity contribution is 6.31. The number of likely N-dealkylation sites (tertiary alicyclic amines) is 1. The molecule has 0 aromatic carbocycles. The fourth-order valence-corrected chi connectivity index (χ4v) is 2.58. The van der Waals surface area contributed by atoms with Gasteiger partial charge in [0.15, 0.2) is 0 Å². The second-order valence-corrected chi connectivity index (χ2v) is 5.50. The van der Waals surface area contributed by atoms with E-state index in [1.807, 2.05) is 4.90 Å². The first-order chi connectivity index (χ1) is 10.7. The molecular weight excluding hydrogens is 306 g/mol. The Bertz CT molecular complexity index is 626. The average Bonchev–Trinajstić information content (AvgIpc) is 3.03. The van der Waals surface area contributed by atoms with Gasteiger partial charge in [0.25, 0.3) is 0 Å². The van der Waals surface area contributed by atoms with Crippen LogP contribution in [-0.2, 0) is 11.3 Å². The van der Waals surface area contributed by atoms with Crippen molar-refractivity contribution in [2.75, 3.05) is 13.1 Å². The smallest absolute Gasteiger partial charge is 0.244 e. The number of hydrogen-bond donors (Lipinski definition) is 0. The van der Waals surface area contributed by atoms with Gasteiger partial charge in [-0.2, -0.15) is 5.10 Å². The molecule has 1 fully saturated rings. The standard InChI is InChI=1S/C14H16ClN5O2/c15-12-7-16-4-1-13(12)22-11-2-5-19(6-3-11)14(21)8-20-10-17-9-18-20/h1,4,7,9-11H,2-3,5-6,8H2. The number of halogens is 1. The van der Waals surface area contributed by atoms with E-state index in [0.29, 0.717) is 23.9 Å². The zero-order valence-corrected chi connectivity index (χ0v) is 12.7. The number of carbonyl (C=O) groups is 1. The molecule has 0 radical (unpaired) electrons. The molecule has 0 saturated carbocycles. The van der Waals surface area contributed by atoms with Crippen molar-refractivity contribution in [2.24, 2.45) is 0 Å². The van der Waals surface area contributed by atoms with E-state index < -0.39 is 0 Å². The first-order valence-electron chi connectivity index (χ1n) is 7.09. The lowest BCUT2D eigenvalue weighted by Crippen LogP contribution is -2.43. The van der Waals surface area contributed by atoms with Crippen molar-refractivity contribution in [2.45, 2.75) is 25.5 Å². The van der Waals surface area contributed by atoms with Crippen molar-refractivity contribution in [3.05, 3.63) is 36.1 Å². The lowest BCUT2D eigenvalue weighted by molar-refractivity contribution is -0.133. The predicted molar refractivity (Wildman–Crippen MR) is 79.5 cm³/mol. The van der Waals surface area contributed by atoms with Crippen LogP contribution in [-0.4, -0.2) is 49.7 Å². The number of aromatic nitrogens is 4. The summed E-state index contributed by atoms with van der Waals surface area (Å²) in [7, 11) is 0. The van der Waals surface area contributed by atoms with Gasteiger partial charge in [-0.3, -0.25) is 9.78 Å². The van der Waals surface area contributed by atoms with Gasteiger partial charge in [-0.15, -0.1) is 0 Å².